The van der Waals surface area contributed by atoms with E-state index in [-0.39, 0.29) is 21.9 Å². The number of nitrogens with two attached hydrogens (primary N) is 1. The van der Waals surface area contributed by atoms with Crippen molar-refractivity contribution in [3.05, 3.63) is 69.7 Å². The van der Waals surface area contributed by atoms with Crippen molar-refractivity contribution < 1.29 is 24.2 Å². The van der Waals surface area contributed by atoms with E-state index in [0.29, 0.717) is 21.5 Å². The Bertz CT molecular complexity index is 1150. The van der Waals surface area contributed by atoms with E-state index >= 15 is 0 Å². The number of halogens is 2. The largest absolute Gasteiger partial charge is 0.483 e. The molecule has 0 aliphatic rings. The van der Waals surface area contributed by atoms with Crippen LogP contribution in [-0.4, -0.2) is 29.5 Å². The van der Waals surface area contributed by atoms with Gasteiger partial charge in [0.2, 0.25) is 5.91 Å². The molecule has 0 bridgehead atoms. The number of rotatable bonds is 6. The van der Waals surface area contributed by atoms with Crippen LogP contribution in [-0.2, 0) is 4.79 Å². The summed E-state index contributed by atoms with van der Waals surface area (Å²) in [7, 11) is 0. The van der Waals surface area contributed by atoms with Crippen molar-refractivity contribution in [2.75, 3.05) is 11.9 Å². The van der Waals surface area contributed by atoms with Crippen molar-refractivity contribution in [2.24, 2.45) is 5.73 Å². The maximum atomic E-state index is 12.2. The average Bonchev–Trinajstić information content (AvgIpc) is 2.65. The van der Waals surface area contributed by atoms with Crippen molar-refractivity contribution in [3.63, 3.8) is 0 Å². The van der Waals surface area contributed by atoms with Crippen molar-refractivity contribution in [2.45, 2.75) is 0 Å². The lowest BCUT2D eigenvalue weighted by Gasteiger charge is -2.13. The standard InChI is InChI=1S/C20H14Cl2N2O5/c21-13-5-11-4-12(20(27)28)7-16(18(11)15(22)8-13)29-9-17(25)24-14-3-1-2-10(6-14)19(23)26/h1-8H,9H2,(H2,23,26)(H,24,25)(H,27,28). The molecule has 4 N–H and O–H groups in total. The third-order valence-electron chi connectivity index (χ3n) is 3.97. The first-order chi connectivity index (χ1) is 13.7. The minimum Gasteiger partial charge on any atom is -0.483 e. The Kier molecular flexibility index (Phi) is 5.91. The Hall–Kier alpha value is -3.29. The summed E-state index contributed by atoms with van der Waals surface area (Å²) in [5.74, 6) is -2.18. The van der Waals surface area contributed by atoms with Gasteiger partial charge in [0.1, 0.15) is 5.75 Å². The molecule has 0 aromatic heterocycles. The molecule has 0 heterocycles. The number of fused-ring (bicyclic) bond motifs is 1. The summed E-state index contributed by atoms with van der Waals surface area (Å²) >= 11 is 12.2. The molecule has 148 valence electrons. The Morgan fingerprint density at radius 2 is 1.79 bits per heavy atom. The van der Waals surface area contributed by atoms with Gasteiger partial charge < -0.3 is 20.9 Å². The van der Waals surface area contributed by atoms with Crippen LogP contribution < -0.4 is 15.8 Å². The zero-order valence-corrected chi connectivity index (χ0v) is 16.3. The van der Waals surface area contributed by atoms with Crippen LogP contribution in [0.25, 0.3) is 10.8 Å². The molecular formula is C20H14Cl2N2O5. The van der Waals surface area contributed by atoms with Gasteiger partial charge in [0.15, 0.2) is 6.61 Å². The van der Waals surface area contributed by atoms with Crippen LogP contribution in [0.15, 0.2) is 48.5 Å². The lowest BCUT2D eigenvalue weighted by Crippen LogP contribution is -2.21. The molecule has 0 atom stereocenters. The highest BCUT2D eigenvalue weighted by Gasteiger charge is 2.15. The smallest absolute Gasteiger partial charge is 0.335 e. The number of hydrogen-bond acceptors (Lipinski definition) is 4. The van der Waals surface area contributed by atoms with E-state index < -0.39 is 24.4 Å². The van der Waals surface area contributed by atoms with Crippen LogP contribution >= 0.6 is 23.2 Å². The molecule has 2 amide bonds. The molecule has 3 aromatic carbocycles. The fourth-order valence-corrected chi connectivity index (χ4v) is 3.32. The molecule has 0 unspecified atom stereocenters. The third kappa shape index (κ3) is 4.77. The van der Waals surface area contributed by atoms with Crippen LogP contribution in [0.3, 0.4) is 0 Å². The van der Waals surface area contributed by atoms with Gasteiger partial charge in [-0.25, -0.2) is 4.79 Å². The highest BCUT2D eigenvalue weighted by molar-refractivity contribution is 6.39. The minimum absolute atomic E-state index is 0.0413. The Morgan fingerprint density at radius 1 is 1.03 bits per heavy atom. The minimum atomic E-state index is -1.17. The lowest BCUT2D eigenvalue weighted by molar-refractivity contribution is -0.118. The lowest BCUT2D eigenvalue weighted by atomic mass is 10.1. The van der Waals surface area contributed by atoms with E-state index in [0.717, 1.165) is 0 Å². The highest BCUT2D eigenvalue weighted by atomic mass is 35.5. The zero-order chi connectivity index (χ0) is 21.1. The molecule has 3 rings (SSSR count). The summed E-state index contributed by atoms with van der Waals surface area (Å²) < 4.78 is 5.55. The van der Waals surface area contributed by atoms with E-state index in [1.807, 2.05) is 0 Å². The number of amides is 2. The van der Waals surface area contributed by atoms with Gasteiger partial charge in [-0.05, 0) is 47.9 Å². The molecular weight excluding hydrogens is 419 g/mol. The predicted octanol–water partition coefficient (Wildman–Crippen LogP) is 3.96. The maximum Gasteiger partial charge on any atom is 0.335 e. The summed E-state index contributed by atoms with van der Waals surface area (Å²) in [6.45, 7) is -0.419. The second kappa shape index (κ2) is 8.38. The van der Waals surface area contributed by atoms with Crippen LogP contribution in [0.1, 0.15) is 20.7 Å². The number of benzene rings is 3. The first-order valence-corrected chi connectivity index (χ1v) is 8.99. The van der Waals surface area contributed by atoms with Gasteiger partial charge in [0.25, 0.3) is 5.91 Å². The average molecular weight is 433 g/mol. The summed E-state index contributed by atoms with van der Waals surface area (Å²) in [5, 5.41) is 13.4. The van der Waals surface area contributed by atoms with Crippen molar-refractivity contribution in [1.29, 1.82) is 0 Å². The number of nitrogens with one attached hydrogen (secondary N) is 1. The van der Waals surface area contributed by atoms with Gasteiger partial charge >= 0.3 is 5.97 Å². The van der Waals surface area contributed by atoms with Crippen LogP contribution in [0, 0.1) is 0 Å². The molecule has 0 radical (unpaired) electrons. The number of ether oxygens (including phenoxy) is 1. The van der Waals surface area contributed by atoms with E-state index in [4.69, 9.17) is 33.7 Å². The topological polar surface area (TPSA) is 119 Å². The van der Waals surface area contributed by atoms with Gasteiger partial charge in [-0.2, -0.15) is 0 Å². The molecule has 0 aliphatic heterocycles. The SMILES string of the molecule is NC(=O)c1cccc(NC(=O)COc2cc(C(=O)O)cc3cc(Cl)cc(Cl)c23)c1. The third-order valence-corrected chi connectivity index (χ3v) is 4.48. The van der Waals surface area contributed by atoms with Gasteiger partial charge in [-0.15, -0.1) is 0 Å². The second-order valence-corrected chi connectivity index (χ2v) is 6.89. The fraction of sp³-hybridized carbons (Fsp3) is 0.0500. The van der Waals surface area contributed by atoms with E-state index in [1.54, 1.807) is 18.2 Å². The van der Waals surface area contributed by atoms with Crippen LogP contribution in [0.2, 0.25) is 10.0 Å². The number of hydrogen-bond donors (Lipinski definition) is 3. The van der Waals surface area contributed by atoms with Gasteiger partial charge in [0.05, 0.1) is 10.6 Å². The monoisotopic (exact) mass is 432 g/mol. The molecule has 0 saturated heterocycles. The molecule has 7 nitrogen and oxygen atoms in total. The summed E-state index contributed by atoms with van der Waals surface area (Å²) in [5.41, 5.74) is 5.78. The normalized spacial score (nSPS) is 10.6. The first-order valence-electron chi connectivity index (χ1n) is 8.23. The van der Waals surface area contributed by atoms with Gasteiger partial charge in [0, 0.05) is 21.7 Å². The molecule has 0 spiro atoms. The molecule has 29 heavy (non-hydrogen) atoms. The number of anilines is 1. The molecule has 3 aromatic rings. The first kappa shape index (κ1) is 20.4. The van der Waals surface area contributed by atoms with Gasteiger partial charge in [-0.3, -0.25) is 9.59 Å². The summed E-state index contributed by atoms with van der Waals surface area (Å²) in [6.07, 6.45) is 0. The van der Waals surface area contributed by atoms with E-state index in [9.17, 15) is 19.5 Å². The summed E-state index contributed by atoms with van der Waals surface area (Å²) in [4.78, 5) is 34.9. The number of carbonyl (C=O) groups excluding carboxylic acids is 2. The van der Waals surface area contributed by atoms with E-state index in [2.05, 4.69) is 5.32 Å². The number of carbonyl (C=O) groups is 3. The van der Waals surface area contributed by atoms with Crippen LogP contribution in [0.4, 0.5) is 5.69 Å². The number of carboxylic acids is 1. The summed E-state index contributed by atoms with van der Waals surface area (Å²) in [6, 6.07) is 11.9. The molecule has 9 heteroatoms. The highest BCUT2D eigenvalue weighted by Crippen LogP contribution is 2.36. The quantitative estimate of drug-likeness (QED) is 0.544. The fourth-order valence-electron chi connectivity index (χ4n) is 2.72. The van der Waals surface area contributed by atoms with Gasteiger partial charge in [-0.1, -0.05) is 29.3 Å². The molecule has 0 saturated carbocycles. The number of primary amides is 1. The number of carboxylic acid groups (broad SMARTS) is 1. The maximum absolute atomic E-state index is 12.2. The van der Waals surface area contributed by atoms with Crippen molar-refractivity contribution in [1.82, 2.24) is 0 Å². The Labute approximate surface area is 175 Å². The van der Waals surface area contributed by atoms with Crippen molar-refractivity contribution in [3.8, 4) is 5.75 Å². The predicted molar refractivity (Wildman–Crippen MR) is 110 cm³/mol. The Morgan fingerprint density at radius 3 is 2.48 bits per heavy atom. The van der Waals surface area contributed by atoms with Crippen LogP contribution in [0.5, 0.6) is 5.75 Å². The molecule has 0 fully saturated rings. The second-order valence-electron chi connectivity index (χ2n) is 6.05. The molecule has 0 aliphatic carbocycles. The zero-order valence-electron chi connectivity index (χ0n) is 14.7. The van der Waals surface area contributed by atoms with Crippen molar-refractivity contribution >= 4 is 57.4 Å². The van der Waals surface area contributed by atoms with E-state index in [1.165, 1.54) is 30.3 Å². The number of aromatic carboxylic acids is 1. The Balaban J connectivity index is 1.84.